The van der Waals surface area contributed by atoms with Crippen LogP contribution in [0.3, 0.4) is 0 Å². The van der Waals surface area contributed by atoms with Crippen molar-refractivity contribution in [2.45, 2.75) is 55.6 Å². The van der Waals surface area contributed by atoms with Crippen LogP contribution in [0, 0.1) is 11.3 Å². The Morgan fingerprint density at radius 2 is 2.04 bits per heavy atom. The molecular weight excluding hydrogens is 368 g/mol. The number of aryl methyl sites for hydroxylation is 1. The van der Waals surface area contributed by atoms with Gasteiger partial charge in [-0.25, -0.2) is 13.4 Å². The molecule has 3 rings (SSSR count). The lowest BCUT2D eigenvalue weighted by Gasteiger charge is -2.25. The first-order valence-corrected chi connectivity index (χ1v) is 11.5. The minimum atomic E-state index is -3.45. The molecule has 0 aliphatic carbocycles. The molecule has 140 valence electrons. The number of nitriles is 1. The number of thioether (sulfide) groups is 1. The molecule has 0 unspecified atom stereocenters. The number of benzene rings is 1. The van der Waals surface area contributed by atoms with Crippen molar-refractivity contribution < 1.29 is 8.42 Å². The Hall–Kier alpha value is -1.56. The van der Waals surface area contributed by atoms with Gasteiger partial charge in [-0.1, -0.05) is 18.2 Å². The van der Waals surface area contributed by atoms with E-state index in [9.17, 15) is 8.42 Å². The maximum atomic E-state index is 12.9. The van der Waals surface area contributed by atoms with Gasteiger partial charge in [-0.3, -0.25) is 0 Å². The van der Waals surface area contributed by atoms with E-state index in [1.165, 1.54) is 0 Å². The van der Waals surface area contributed by atoms with Gasteiger partial charge >= 0.3 is 0 Å². The molecule has 1 aromatic heterocycles. The number of piperidine rings is 1. The molecule has 2 heterocycles. The van der Waals surface area contributed by atoms with Crippen molar-refractivity contribution in [1.29, 1.82) is 5.26 Å². The molecule has 0 spiro atoms. The number of sulfonamides is 1. The van der Waals surface area contributed by atoms with E-state index >= 15 is 0 Å². The Morgan fingerprint density at radius 1 is 1.27 bits per heavy atom. The summed E-state index contributed by atoms with van der Waals surface area (Å²) in [4.78, 5) is 4.99. The largest absolute Gasteiger partial charge is 0.319 e. The van der Waals surface area contributed by atoms with E-state index in [0.717, 1.165) is 48.7 Å². The van der Waals surface area contributed by atoms with E-state index < -0.39 is 10.0 Å². The number of unbranched alkanes of at least 4 members (excludes halogenated alkanes) is 1. The van der Waals surface area contributed by atoms with Gasteiger partial charge in [0.25, 0.3) is 0 Å². The number of fused-ring (bicyclic) bond motifs is 1. The topological polar surface area (TPSA) is 79.0 Å². The van der Waals surface area contributed by atoms with Crippen LogP contribution < -0.4 is 0 Å². The van der Waals surface area contributed by atoms with Crippen LogP contribution in [0.4, 0.5) is 0 Å². The highest BCUT2D eigenvalue weighted by Crippen LogP contribution is 2.28. The molecule has 0 saturated carbocycles. The van der Waals surface area contributed by atoms with Crippen molar-refractivity contribution >= 4 is 32.8 Å². The van der Waals surface area contributed by atoms with Gasteiger partial charge in [0.15, 0.2) is 5.16 Å². The third-order valence-corrected chi connectivity index (χ3v) is 7.58. The fraction of sp³-hybridized carbons (Fsp3) is 0.556. The van der Waals surface area contributed by atoms with Gasteiger partial charge in [0.2, 0.25) is 10.0 Å². The summed E-state index contributed by atoms with van der Waals surface area (Å²) >= 11 is 1.62. The zero-order valence-corrected chi connectivity index (χ0v) is 16.7. The van der Waals surface area contributed by atoms with Crippen molar-refractivity contribution in [3.8, 4) is 6.07 Å². The zero-order valence-electron chi connectivity index (χ0n) is 15.0. The average molecular weight is 393 g/mol. The molecule has 1 saturated heterocycles. The molecule has 2 aromatic rings. The summed E-state index contributed by atoms with van der Waals surface area (Å²) < 4.78 is 29.5. The van der Waals surface area contributed by atoms with Gasteiger partial charge in [0.1, 0.15) is 0 Å². The second-order valence-electron chi connectivity index (χ2n) is 6.36. The van der Waals surface area contributed by atoms with E-state index in [4.69, 9.17) is 5.26 Å². The lowest BCUT2D eigenvalue weighted by molar-refractivity contribution is 0.346. The Kier molecular flexibility index (Phi) is 6.22. The molecule has 0 amide bonds. The highest BCUT2D eigenvalue weighted by atomic mass is 32.2. The summed E-state index contributed by atoms with van der Waals surface area (Å²) in [5, 5.41) is 9.53. The maximum Gasteiger partial charge on any atom is 0.243 e. The summed E-state index contributed by atoms with van der Waals surface area (Å²) in [5.74, 6) is 0.829. The lowest BCUT2D eigenvalue weighted by atomic mass is 10.2. The van der Waals surface area contributed by atoms with Crippen LogP contribution in [0.25, 0.3) is 11.0 Å². The predicted molar refractivity (Wildman–Crippen MR) is 104 cm³/mol. The van der Waals surface area contributed by atoms with E-state index in [1.54, 1.807) is 28.2 Å². The molecule has 0 radical (unpaired) electrons. The summed E-state index contributed by atoms with van der Waals surface area (Å²) in [5.41, 5.74) is 1.67. The Labute approximate surface area is 159 Å². The monoisotopic (exact) mass is 392 g/mol. The predicted octanol–water partition coefficient (Wildman–Crippen LogP) is 3.63. The normalized spacial score (nSPS) is 16.0. The molecule has 0 N–H and O–H groups in total. The summed E-state index contributed by atoms with van der Waals surface area (Å²) in [6, 6.07) is 7.41. The number of imidazole rings is 1. The Morgan fingerprint density at radius 3 is 2.73 bits per heavy atom. The number of hydrogen-bond donors (Lipinski definition) is 0. The second kappa shape index (κ2) is 8.42. The van der Waals surface area contributed by atoms with Crippen molar-refractivity contribution in [2.75, 3.05) is 18.8 Å². The van der Waals surface area contributed by atoms with Crippen molar-refractivity contribution in [3.63, 3.8) is 0 Å². The zero-order chi connectivity index (χ0) is 18.6. The first-order chi connectivity index (χ1) is 12.6. The molecule has 0 bridgehead atoms. The van der Waals surface area contributed by atoms with Gasteiger partial charge in [0, 0.05) is 31.8 Å². The van der Waals surface area contributed by atoms with E-state index in [-0.39, 0.29) is 0 Å². The first kappa shape index (κ1) is 19.2. The lowest BCUT2D eigenvalue weighted by Crippen LogP contribution is -2.35. The van der Waals surface area contributed by atoms with E-state index in [1.807, 2.05) is 6.07 Å². The fourth-order valence-corrected chi connectivity index (χ4v) is 5.79. The smallest absolute Gasteiger partial charge is 0.243 e. The Balaban J connectivity index is 1.89. The van der Waals surface area contributed by atoms with Crippen LogP contribution in [0.1, 0.15) is 39.0 Å². The molecule has 1 aliphatic heterocycles. The third-order valence-electron chi connectivity index (χ3n) is 4.62. The van der Waals surface area contributed by atoms with Gasteiger partial charge in [-0.15, -0.1) is 0 Å². The molecular formula is C18H24N4O2S2. The summed E-state index contributed by atoms with van der Waals surface area (Å²) in [6.07, 6.45) is 4.31. The standard InChI is InChI=1S/C18H24N4O2S2/c1-2-22-17-9-8-15(26(23,24)21-11-5-3-6-12-21)14-16(17)20-18(22)25-13-7-4-10-19/h8-9,14H,2-7,11-13H2,1H3. The van der Waals surface area contributed by atoms with Crippen LogP contribution >= 0.6 is 11.8 Å². The number of hydrogen-bond acceptors (Lipinski definition) is 5. The average Bonchev–Trinajstić information content (AvgIpc) is 3.02. The van der Waals surface area contributed by atoms with E-state index in [2.05, 4.69) is 22.5 Å². The van der Waals surface area contributed by atoms with E-state index in [0.29, 0.717) is 29.9 Å². The van der Waals surface area contributed by atoms with Crippen LogP contribution in [-0.4, -0.2) is 41.1 Å². The second-order valence-corrected chi connectivity index (χ2v) is 9.36. The molecule has 1 fully saturated rings. The fourth-order valence-electron chi connectivity index (χ4n) is 3.23. The van der Waals surface area contributed by atoms with Crippen molar-refractivity contribution in [1.82, 2.24) is 13.9 Å². The number of aromatic nitrogens is 2. The molecule has 1 aliphatic rings. The Bertz CT molecular complexity index is 909. The van der Waals surface area contributed by atoms with Gasteiger partial charge in [0.05, 0.1) is 22.0 Å². The molecule has 8 heteroatoms. The maximum absolute atomic E-state index is 12.9. The minimum Gasteiger partial charge on any atom is -0.319 e. The minimum absolute atomic E-state index is 0.327. The molecule has 0 atom stereocenters. The highest BCUT2D eigenvalue weighted by molar-refractivity contribution is 7.99. The van der Waals surface area contributed by atoms with Crippen LogP contribution in [0.5, 0.6) is 0 Å². The van der Waals surface area contributed by atoms with Crippen LogP contribution in [0.15, 0.2) is 28.3 Å². The van der Waals surface area contributed by atoms with Crippen LogP contribution in [-0.2, 0) is 16.6 Å². The molecule has 26 heavy (non-hydrogen) atoms. The molecule has 1 aromatic carbocycles. The quantitative estimate of drug-likeness (QED) is 0.531. The third kappa shape index (κ3) is 3.90. The molecule has 6 nitrogen and oxygen atoms in total. The van der Waals surface area contributed by atoms with Gasteiger partial charge in [-0.05, 0) is 44.4 Å². The highest BCUT2D eigenvalue weighted by Gasteiger charge is 2.26. The first-order valence-electron chi connectivity index (χ1n) is 9.08. The number of nitrogens with zero attached hydrogens (tertiary/aromatic N) is 4. The SMILES string of the molecule is CCn1c(SCCCC#N)nc2cc(S(=O)(=O)N3CCCCC3)ccc21. The van der Waals surface area contributed by atoms with Gasteiger partial charge in [-0.2, -0.15) is 9.57 Å². The van der Waals surface area contributed by atoms with Crippen molar-refractivity contribution in [2.24, 2.45) is 0 Å². The number of rotatable bonds is 7. The van der Waals surface area contributed by atoms with Gasteiger partial charge < -0.3 is 4.57 Å². The van der Waals surface area contributed by atoms with Crippen molar-refractivity contribution in [3.05, 3.63) is 18.2 Å². The van der Waals surface area contributed by atoms with Crippen LogP contribution in [0.2, 0.25) is 0 Å². The summed E-state index contributed by atoms with van der Waals surface area (Å²) in [6.45, 7) is 4.03. The summed E-state index contributed by atoms with van der Waals surface area (Å²) in [7, 11) is -3.45.